The van der Waals surface area contributed by atoms with Gasteiger partial charge in [-0.3, -0.25) is 4.79 Å². The van der Waals surface area contributed by atoms with Gasteiger partial charge >= 0.3 is 11.9 Å². The Hall–Kier alpha value is -3.90. The number of hydrogen-bond donors (Lipinski definition) is 0. The zero-order valence-corrected chi connectivity index (χ0v) is 22.0. The van der Waals surface area contributed by atoms with Crippen molar-refractivity contribution >= 4 is 40.4 Å². The van der Waals surface area contributed by atoms with E-state index >= 15 is 0 Å². The van der Waals surface area contributed by atoms with E-state index < -0.39 is 0 Å². The second-order valence-electron chi connectivity index (χ2n) is 9.52. The summed E-state index contributed by atoms with van der Waals surface area (Å²) in [7, 11) is 0. The van der Waals surface area contributed by atoms with Crippen LogP contribution in [0.15, 0.2) is 54.6 Å². The second-order valence-corrected chi connectivity index (χ2v) is 9.52. The minimum Gasteiger partial charge on any atom is -0.467 e. The summed E-state index contributed by atoms with van der Waals surface area (Å²) in [4.78, 5) is 23.7. The molecule has 1 unspecified atom stereocenters. The zero-order chi connectivity index (χ0) is 26.6. The Morgan fingerprint density at radius 3 is 2.68 bits per heavy atom. The van der Waals surface area contributed by atoms with Gasteiger partial charge in [0.2, 0.25) is 0 Å². The molecule has 0 saturated carbocycles. The lowest BCUT2D eigenvalue weighted by molar-refractivity contribution is -0.143. The number of benzene rings is 3. The highest BCUT2D eigenvalue weighted by Crippen LogP contribution is 2.40. The average molecular weight is 513 g/mol. The second kappa shape index (κ2) is 11.2. The van der Waals surface area contributed by atoms with Gasteiger partial charge in [-0.15, -0.1) is 0 Å². The van der Waals surface area contributed by atoms with Crippen LogP contribution in [0.2, 0.25) is 0 Å². The fraction of sp³-hybridized carbons (Fsp3) is 0.312. The highest BCUT2D eigenvalue weighted by molar-refractivity contribution is 5.98. The standard InChI is InChI=1S/C32H32O6/c1-4-35-28(33)14-8-21-6-11-25-23(17-21)10-13-27-30(25)31-26-12-7-22(9-15-29(34)36-5-2)18-24(26)16-20(3)32(31)38-19-37-27/h6-7,9-13,15-18,20,32H,4-5,8,14,19H2,1-3H3/b15-9+/t20-,32?/m1/s1. The van der Waals surface area contributed by atoms with Crippen molar-refractivity contribution < 1.29 is 28.5 Å². The van der Waals surface area contributed by atoms with Gasteiger partial charge in [0, 0.05) is 29.6 Å². The highest BCUT2D eigenvalue weighted by Gasteiger charge is 2.31. The molecule has 0 aromatic heterocycles. The third-order valence-corrected chi connectivity index (χ3v) is 6.97. The van der Waals surface area contributed by atoms with Crippen LogP contribution in [0.5, 0.6) is 5.75 Å². The van der Waals surface area contributed by atoms with Crippen LogP contribution in [0.3, 0.4) is 0 Å². The molecule has 0 radical (unpaired) electrons. The topological polar surface area (TPSA) is 71.1 Å². The van der Waals surface area contributed by atoms with Gasteiger partial charge in [-0.25, -0.2) is 4.79 Å². The normalized spacial score (nSPS) is 18.0. The molecule has 0 fully saturated rings. The third kappa shape index (κ3) is 5.22. The van der Waals surface area contributed by atoms with E-state index in [0.717, 1.165) is 49.2 Å². The number of ether oxygens (including phenoxy) is 4. The van der Waals surface area contributed by atoms with Gasteiger partial charge in [0.1, 0.15) is 5.75 Å². The summed E-state index contributed by atoms with van der Waals surface area (Å²) in [5.41, 5.74) is 4.15. The first-order valence-corrected chi connectivity index (χ1v) is 13.2. The molecule has 38 heavy (non-hydrogen) atoms. The predicted octanol–water partition coefficient (Wildman–Crippen LogP) is 4.28. The Morgan fingerprint density at radius 1 is 1.03 bits per heavy atom. The first-order valence-electron chi connectivity index (χ1n) is 13.2. The Morgan fingerprint density at radius 2 is 1.87 bits per heavy atom. The van der Waals surface area contributed by atoms with Crippen LogP contribution in [-0.2, 0) is 30.2 Å². The van der Waals surface area contributed by atoms with E-state index in [4.69, 9.17) is 18.9 Å². The number of esters is 2. The number of aryl methyl sites for hydroxylation is 1. The Kier molecular flexibility index (Phi) is 7.61. The van der Waals surface area contributed by atoms with Gasteiger partial charge in [-0.2, -0.15) is 0 Å². The van der Waals surface area contributed by atoms with Crippen molar-refractivity contribution in [3.8, 4) is 5.75 Å². The van der Waals surface area contributed by atoms with Crippen molar-refractivity contribution in [2.75, 3.05) is 20.0 Å². The smallest absolute Gasteiger partial charge is 0.330 e. The van der Waals surface area contributed by atoms with Crippen molar-refractivity contribution in [1.29, 1.82) is 0 Å². The minimum absolute atomic E-state index is 0.121. The van der Waals surface area contributed by atoms with Crippen LogP contribution in [0, 0.1) is 5.92 Å². The molecular weight excluding hydrogens is 480 g/mol. The molecule has 2 aliphatic rings. The molecule has 196 valence electrons. The van der Waals surface area contributed by atoms with Crippen LogP contribution >= 0.6 is 0 Å². The van der Waals surface area contributed by atoms with Crippen LogP contribution in [0.1, 0.15) is 43.9 Å². The summed E-state index contributed by atoms with van der Waals surface area (Å²) in [5.74, 6) is 0.378. The molecule has 0 saturated heterocycles. The lowest BCUT2D eigenvalue weighted by atomic mass is 9.82. The van der Waals surface area contributed by atoms with Crippen LogP contribution in [0.4, 0.5) is 0 Å². The fourth-order valence-corrected chi connectivity index (χ4v) is 5.28. The number of hydrogen-bond acceptors (Lipinski definition) is 6. The maximum atomic E-state index is 11.9. The summed E-state index contributed by atoms with van der Waals surface area (Å²) >= 11 is 0. The molecule has 0 bridgehead atoms. The van der Waals surface area contributed by atoms with Gasteiger partial charge in [-0.1, -0.05) is 49.4 Å². The lowest BCUT2D eigenvalue weighted by Gasteiger charge is -2.26. The first kappa shape index (κ1) is 25.7. The van der Waals surface area contributed by atoms with Crippen LogP contribution in [-0.4, -0.2) is 38.0 Å². The SMILES string of the molecule is CCOC(=O)/C=C/c1ccc2c(c1)=C[C@@H](C)C1OCOc3ccc4cc(CCC(=O)OCC)ccc4c3C=21. The number of fused-ring (bicyclic) bond motifs is 6. The van der Waals surface area contributed by atoms with E-state index in [0.29, 0.717) is 26.1 Å². The van der Waals surface area contributed by atoms with Gasteiger partial charge in [-0.05, 0) is 70.8 Å². The molecule has 3 aromatic carbocycles. The van der Waals surface area contributed by atoms with Crippen molar-refractivity contribution in [2.45, 2.75) is 39.7 Å². The van der Waals surface area contributed by atoms with Gasteiger partial charge in [0.05, 0.1) is 19.3 Å². The van der Waals surface area contributed by atoms with E-state index in [1.54, 1.807) is 13.0 Å². The van der Waals surface area contributed by atoms with Crippen molar-refractivity contribution in [3.05, 3.63) is 81.7 Å². The molecule has 0 spiro atoms. The van der Waals surface area contributed by atoms with E-state index in [1.165, 1.54) is 6.08 Å². The molecule has 6 nitrogen and oxygen atoms in total. The summed E-state index contributed by atoms with van der Waals surface area (Å²) in [6.45, 7) is 6.68. The maximum Gasteiger partial charge on any atom is 0.330 e. The van der Waals surface area contributed by atoms with Crippen molar-refractivity contribution in [3.63, 3.8) is 0 Å². The van der Waals surface area contributed by atoms with E-state index in [-0.39, 0.29) is 30.8 Å². The Labute approximate surface area is 222 Å². The summed E-state index contributed by atoms with van der Waals surface area (Å²) < 4.78 is 22.4. The van der Waals surface area contributed by atoms with E-state index in [2.05, 4.69) is 49.4 Å². The number of rotatable bonds is 7. The molecule has 5 rings (SSSR count). The molecule has 6 heteroatoms. The van der Waals surface area contributed by atoms with Crippen molar-refractivity contribution in [2.24, 2.45) is 5.92 Å². The molecule has 3 aromatic rings. The van der Waals surface area contributed by atoms with Gasteiger partial charge in [0.25, 0.3) is 0 Å². The fourth-order valence-electron chi connectivity index (χ4n) is 5.28. The molecular formula is C32H32O6. The van der Waals surface area contributed by atoms with E-state index in [9.17, 15) is 9.59 Å². The highest BCUT2D eigenvalue weighted by atomic mass is 16.7. The molecule has 1 aliphatic heterocycles. The summed E-state index contributed by atoms with van der Waals surface area (Å²) in [6, 6.07) is 16.6. The van der Waals surface area contributed by atoms with E-state index in [1.807, 2.05) is 19.1 Å². The van der Waals surface area contributed by atoms with Gasteiger partial charge in [0.15, 0.2) is 6.79 Å². The Bertz CT molecular complexity index is 1530. The first-order chi connectivity index (χ1) is 18.5. The summed E-state index contributed by atoms with van der Waals surface area (Å²) in [6.07, 6.45) is 6.28. The molecule has 1 aliphatic carbocycles. The largest absolute Gasteiger partial charge is 0.467 e. The molecule has 1 heterocycles. The Balaban J connectivity index is 1.61. The molecule has 0 amide bonds. The van der Waals surface area contributed by atoms with Crippen molar-refractivity contribution in [1.82, 2.24) is 0 Å². The lowest BCUT2D eigenvalue weighted by Crippen LogP contribution is -2.40. The van der Waals surface area contributed by atoms with Gasteiger partial charge < -0.3 is 18.9 Å². The quantitative estimate of drug-likeness (QED) is 0.348. The number of carbonyl (C=O) groups excluding carboxylic acids is 2. The average Bonchev–Trinajstić information content (AvgIpc) is 3.11. The van der Waals surface area contributed by atoms with Crippen LogP contribution in [0.25, 0.3) is 28.5 Å². The molecule has 0 N–H and O–H groups in total. The maximum absolute atomic E-state index is 11.9. The zero-order valence-electron chi connectivity index (χ0n) is 22.0. The summed E-state index contributed by atoms with van der Waals surface area (Å²) in [5, 5.41) is 4.35. The number of carbonyl (C=O) groups is 2. The minimum atomic E-state index is -0.353. The molecule has 2 atom stereocenters. The predicted molar refractivity (Wildman–Crippen MR) is 147 cm³/mol. The monoisotopic (exact) mass is 512 g/mol. The van der Waals surface area contributed by atoms with Crippen LogP contribution < -0.4 is 15.2 Å². The third-order valence-electron chi connectivity index (χ3n) is 6.97.